The van der Waals surface area contributed by atoms with Crippen molar-refractivity contribution in [1.82, 2.24) is 4.90 Å². The lowest BCUT2D eigenvalue weighted by atomic mass is 9.98. The summed E-state index contributed by atoms with van der Waals surface area (Å²) in [5.74, 6) is 0.249. The molecule has 0 spiro atoms. The molecule has 0 unspecified atom stereocenters. The maximum atomic E-state index is 13.3. The molecule has 3 rings (SSSR count). The molecule has 3 nitrogen and oxygen atoms in total. The highest BCUT2D eigenvalue weighted by atomic mass is 19.1. The number of likely N-dealkylation sites (tertiary alicyclic amines) is 1. The SMILES string of the molecule is O=C(Cc1ccc(O)cc1)N1CC[C@H](c2cccc(F)c2)C1. The van der Waals surface area contributed by atoms with Crippen molar-refractivity contribution in [3.63, 3.8) is 0 Å². The van der Waals surface area contributed by atoms with Crippen LogP contribution in [0.3, 0.4) is 0 Å². The van der Waals surface area contributed by atoms with Gasteiger partial charge in [-0.3, -0.25) is 4.79 Å². The third-order valence-electron chi connectivity index (χ3n) is 4.15. The lowest BCUT2D eigenvalue weighted by Crippen LogP contribution is -2.29. The van der Waals surface area contributed by atoms with E-state index in [2.05, 4.69) is 0 Å². The van der Waals surface area contributed by atoms with E-state index >= 15 is 0 Å². The Morgan fingerprint density at radius 1 is 1.23 bits per heavy atom. The van der Waals surface area contributed by atoms with Crippen LogP contribution in [-0.2, 0) is 11.2 Å². The Morgan fingerprint density at radius 2 is 2.00 bits per heavy atom. The monoisotopic (exact) mass is 299 g/mol. The average molecular weight is 299 g/mol. The molecule has 1 amide bonds. The zero-order valence-electron chi connectivity index (χ0n) is 12.2. The molecular formula is C18H18FNO2. The van der Waals surface area contributed by atoms with Crippen LogP contribution in [0, 0.1) is 5.82 Å². The number of phenols is 1. The fourth-order valence-corrected chi connectivity index (χ4v) is 2.92. The first-order valence-electron chi connectivity index (χ1n) is 7.43. The van der Waals surface area contributed by atoms with Gasteiger partial charge in [-0.05, 0) is 41.8 Å². The van der Waals surface area contributed by atoms with Crippen LogP contribution < -0.4 is 0 Å². The largest absolute Gasteiger partial charge is 0.508 e. The molecule has 0 aliphatic carbocycles. The van der Waals surface area contributed by atoms with Gasteiger partial charge in [-0.15, -0.1) is 0 Å². The van der Waals surface area contributed by atoms with Gasteiger partial charge in [-0.25, -0.2) is 4.39 Å². The summed E-state index contributed by atoms with van der Waals surface area (Å²) in [4.78, 5) is 14.2. The van der Waals surface area contributed by atoms with E-state index in [1.807, 2.05) is 11.0 Å². The van der Waals surface area contributed by atoms with Crippen LogP contribution in [0.5, 0.6) is 5.75 Å². The first kappa shape index (κ1) is 14.6. The Labute approximate surface area is 129 Å². The fraction of sp³-hybridized carbons (Fsp3) is 0.278. The molecule has 22 heavy (non-hydrogen) atoms. The lowest BCUT2D eigenvalue weighted by Gasteiger charge is -2.17. The van der Waals surface area contributed by atoms with Crippen LogP contribution in [0.4, 0.5) is 4.39 Å². The third-order valence-corrected chi connectivity index (χ3v) is 4.15. The van der Waals surface area contributed by atoms with E-state index in [1.165, 1.54) is 6.07 Å². The Morgan fingerprint density at radius 3 is 2.73 bits per heavy atom. The highest BCUT2D eigenvalue weighted by molar-refractivity contribution is 5.79. The molecule has 4 heteroatoms. The standard InChI is InChI=1S/C18H18FNO2/c19-16-3-1-2-14(11-16)15-8-9-20(12-15)18(22)10-13-4-6-17(21)7-5-13/h1-7,11,15,21H,8-10,12H2/t15-/m0/s1. The van der Waals surface area contributed by atoms with Crippen molar-refractivity contribution >= 4 is 5.91 Å². The number of carbonyl (C=O) groups excluding carboxylic acids is 1. The van der Waals surface area contributed by atoms with Crippen molar-refractivity contribution in [2.24, 2.45) is 0 Å². The van der Waals surface area contributed by atoms with Crippen LogP contribution in [0.15, 0.2) is 48.5 Å². The quantitative estimate of drug-likeness (QED) is 0.946. The minimum absolute atomic E-state index is 0.0737. The summed E-state index contributed by atoms with van der Waals surface area (Å²) < 4.78 is 13.3. The maximum Gasteiger partial charge on any atom is 0.227 e. The van der Waals surface area contributed by atoms with E-state index in [-0.39, 0.29) is 23.4 Å². The zero-order valence-corrected chi connectivity index (χ0v) is 12.2. The number of rotatable bonds is 3. The van der Waals surface area contributed by atoms with E-state index in [4.69, 9.17) is 0 Å². The molecule has 1 aliphatic heterocycles. The van der Waals surface area contributed by atoms with Gasteiger partial charge in [0.15, 0.2) is 0 Å². The van der Waals surface area contributed by atoms with E-state index in [9.17, 15) is 14.3 Å². The molecule has 0 saturated carbocycles. The van der Waals surface area contributed by atoms with Crippen LogP contribution >= 0.6 is 0 Å². The van der Waals surface area contributed by atoms with Gasteiger partial charge in [-0.2, -0.15) is 0 Å². The maximum absolute atomic E-state index is 13.3. The fourth-order valence-electron chi connectivity index (χ4n) is 2.92. The van der Waals surface area contributed by atoms with Gasteiger partial charge in [0.25, 0.3) is 0 Å². The first-order chi connectivity index (χ1) is 10.6. The Bertz CT molecular complexity index is 669. The number of hydrogen-bond acceptors (Lipinski definition) is 2. The van der Waals surface area contributed by atoms with Crippen LogP contribution in [-0.4, -0.2) is 29.0 Å². The van der Waals surface area contributed by atoms with E-state index < -0.39 is 0 Å². The van der Waals surface area contributed by atoms with Gasteiger partial charge in [-0.1, -0.05) is 24.3 Å². The number of nitrogens with zero attached hydrogens (tertiary/aromatic N) is 1. The van der Waals surface area contributed by atoms with Crippen molar-refractivity contribution < 1.29 is 14.3 Å². The number of phenolic OH excluding ortho intramolecular Hbond substituents is 1. The zero-order chi connectivity index (χ0) is 15.5. The summed E-state index contributed by atoms with van der Waals surface area (Å²) in [5.41, 5.74) is 1.84. The minimum Gasteiger partial charge on any atom is -0.508 e. The molecule has 1 atom stereocenters. The van der Waals surface area contributed by atoms with Crippen molar-refractivity contribution in [1.29, 1.82) is 0 Å². The number of hydrogen-bond donors (Lipinski definition) is 1. The predicted octanol–water partition coefficient (Wildman–Crippen LogP) is 3.09. The highest BCUT2D eigenvalue weighted by Gasteiger charge is 2.27. The number of halogens is 1. The summed E-state index contributed by atoms with van der Waals surface area (Å²) in [7, 11) is 0. The summed E-state index contributed by atoms with van der Waals surface area (Å²) in [6, 6.07) is 13.3. The van der Waals surface area contributed by atoms with Gasteiger partial charge < -0.3 is 10.0 Å². The molecule has 1 heterocycles. The van der Waals surface area contributed by atoms with Crippen molar-refractivity contribution in [3.8, 4) is 5.75 Å². The molecule has 1 saturated heterocycles. The second kappa shape index (κ2) is 6.18. The number of benzene rings is 2. The molecule has 1 fully saturated rings. The second-order valence-corrected chi connectivity index (χ2v) is 5.72. The van der Waals surface area contributed by atoms with Gasteiger partial charge in [0, 0.05) is 19.0 Å². The average Bonchev–Trinajstić information content (AvgIpc) is 3.00. The first-order valence-corrected chi connectivity index (χ1v) is 7.43. The van der Waals surface area contributed by atoms with Crippen molar-refractivity contribution in [2.45, 2.75) is 18.8 Å². The van der Waals surface area contributed by atoms with Gasteiger partial charge in [0.1, 0.15) is 11.6 Å². The molecule has 2 aromatic carbocycles. The second-order valence-electron chi connectivity index (χ2n) is 5.72. The smallest absolute Gasteiger partial charge is 0.227 e. The molecule has 0 radical (unpaired) electrons. The third kappa shape index (κ3) is 3.27. The van der Waals surface area contributed by atoms with E-state index in [0.717, 1.165) is 17.5 Å². The predicted molar refractivity (Wildman–Crippen MR) is 82.1 cm³/mol. The molecule has 1 N–H and O–H groups in total. The van der Waals surface area contributed by atoms with Crippen LogP contribution in [0.2, 0.25) is 0 Å². The van der Waals surface area contributed by atoms with E-state index in [1.54, 1.807) is 36.4 Å². The summed E-state index contributed by atoms with van der Waals surface area (Å²) >= 11 is 0. The molecule has 114 valence electrons. The van der Waals surface area contributed by atoms with E-state index in [0.29, 0.717) is 19.5 Å². The Kier molecular flexibility index (Phi) is 4.09. The summed E-state index contributed by atoms with van der Waals surface area (Å²) in [5, 5.41) is 9.26. The molecule has 0 bridgehead atoms. The minimum atomic E-state index is -0.230. The van der Waals surface area contributed by atoms with Gasteiger partial charge in [0.2, 0.25) is 5.91 Å². The van der Waals surface area contributed by atoms with Crippen LogP contribution in [0.1, 0.15) is 23.5 Å². The highest BCUT2D eigenvalue weighted by Crippen LogP contribution is 2.28. The molecule has 1 aliphatic rings. The summed E-state index contributed by atoms with van der Waals surface area (Å²) in [6.07, 6.45) is 1.20. The Balaban J connectivity index is 1.62. The topological polar surface area (TPSA) is 40.5 Å². The van der Waals surface area contributed by atoms with Crippen LogP contribution in [0.25, 0.3) is 0 Å². The number of aromatic hydroxyl groups is 1. The van der Waals surface area contributed by atoms with Crippen molar-refractivity contribution in [3.05, 3.63) is 65.5 Å². The molecule has 0 aromatic heterocycles. The summed E-state index contributed by atoms with van der Waals surface area (Å²) in [6.45, 7) is 1.35. The Hall–Kier alpha value is -2.36. The molecular weight excluding hydrogens is 281 g/mol. The lowest BCUT2D eigenvalue weighted by molar-refractivity contribution is -0.129. The van der Waals surface area contributed by atoms with Gasteiger partial charge >= 0.3 is 0 Å². The normalized spacial score (nSPS) is 17.7. The van der Waals surface area contributed by atoms with Crippen molar-refractivity contribution in [2.75, 3.05) is 13.1 Å². The number of amides is 1. The molecule has 2 aromatic rings. The van der Waals surface area contributed by atoms with Gasteiger partial charge in [0.05, 0.1) is 6.42 Å². The number of carbonyl (C=O) groups is 1.